The quantitative estimate of drug-likeness (QED) is 0.644. The number of benzene rings is 1. The van der Waals surface area contributed by atoms with Crippen molar-refractivity contribution in [2.45, 2.75) is 39.5 Å². The van der Waals surface area contributed by atoms with Crippen LogP contribution in [0.2, 0.25) is 0 Å². The van der Waals surface area contributed by atoms with Gasteiger partial charge in [0.1, 0.15) is 0 Å². The van der Waals surface area contributed by atoms with Crippen LogP contribution in [0.3, 0.4) is 0 Å². The maximum absolute atomic E-state index is 12.3. The lowest BCUT2D eigenvalue weighted by Crippen LogP contribution is -2.43. The van der Waals surface area contributed by atoms with Crippen molar-refractivity contribution in [3.05, 3.63) is 29.3 Å². The lowest BCUT2D eigenvalue weighted by molar-refractivity contribution is -0.125. The summed E-state index contributed by atoms with van der Waals surface area (Å²) < 4.78 is 0. The third-order valence-electron chi connectivity index (χ3n) is 4.47. The van der Waals surface area contributed by atoms with E-state index >= 15 is 0 Å². The second-order valence-electron chi connectivity index (χ2n) is 6.33. The van der Waals surface area contributed by atoms with Crippen molar-refractivity contribution in [1.82, 2.24) is 5.32 Å². The van der Waals surface area contributed by atoms with Crippen molar-refractivity contribution in [1.29, 1.82) is 5.26 Å². The molecule has 1 aliphatic heterocycles. The van der Waals surface area contributed by atoms with Gasteiger partial charge in [0.2, 0.25) is 5.91 Å². The molecule has 1 N–H and O–H groups in total. The molecule has 0 aliphatic carbocycles. The van der Waals surface area contributed by atoms with Gasteiger partial charge in [0.15, 0.2) is 5.78 Å². The zero-order chi connectivity index (χ0) is 17.5. The van der Waals surface area contributed by atoms with E-state index in [4.69, 9.17) is 5.26 Å². The van der Waals surface area contributed by atoms with Gasteiger partial charge >= 0.3 is 0 Å². The molecule has 1 aromatic carbocycles. The Balaban J connectivity index is 2.16. The summed E-state index contributed by atoms with van der Waals surface area (Å²) in [7, 11) is 0. The molecule has 1 unspecified atom stereocenters. The van der Waals surface area contributed by atoms with E-state index in [9.17, 15) is 9.59 Å². The number of amides is 1. The summed E-state index contributed by atoms with van der Waals surface area (Å²) >= 11 is 0. The molecule has 0 bridgehead atoms. The molecule has 1 atom stereocenters. The van der Waals surface area contributed by atoms with Gasteiger partial charge < -0.3 is 10.2 Å². The standard InChI is InChI=1S/C19H25N3O2/c1-3-4-9-21-19(24)16-6-5-10-22(13-16)18-11-15(12-20)7-8-17(18)14(2)23/h7-8,11,16H,3-6,9-10,13H2,1-2H3,(H,21,24). The largest absolute Gasteiger partial charge is 0.370 e. The number of rotatable bonds is 6. The average Bonchev–Trinajstić information content (AvgIpc) is 2.61. The Morgan fingerprint density at radius 3 is 2.88 bits per heavy atom. The summed E-state index contributed by atoms with van der Waals surface area (Å²) in [5.41, 5.74) is 1.91. The van der Waals surface area contributed by atoms with Crippen LogP contribution in [0.1, 0.15) is 55.5 Å². The van der Waals surface area contributed by atoms with Gasteiger partial charge in [-0.15, -0.1) is 0 Å². The number of unbranched alkanes of at least 4 members (excludes halogenated alkanes) is 1. The molecular weight excluding hydrogens is 302 g/mol. The van der Waals surface area contributed by atoms with E-state index in [2.05, 4.69) is 23.2 Å². The second-order valence-corrected chi connectivity index (χ2v) is 6.33. The molecule has 0 spiro atoms. The minimum absolute atomic E-state index is 0.0241. The molecular formula is C19H25N3O2. The Hall–Kier alpha value is -2.35. The minimum Gasteiger partial charge on any atom is -0.370 e. The fraction of sp³-hybridized carbons (Fsp3) is 0.526. The van der Waals surface area contributed by atoms with E-state index in [0.29, 0.717) is 24.2 Å². The molecule has 1 heterocycles. The maximum Gasteiger partial charge on any atom is 0.224 e. The average molecular weight is 327 g/mol. The molecule has 24 heavy (non-hydrogen) atoms. The van der Waals surface area contributed by atoms with Gasteiger partial charge in [0.25, 0.3) is 0 Å². The summed E-state index contributed by atoms with van der Waals surface area (Å²) in [6.45, 7) is 5.74. The predicted octanol–water partition coefficient (Wildman–Crippen LogP) is 2.89. The number of hydrogen-bond acceptors (Lipinski definition) is 4. The SMILES string of the molecule is CCCCNC(=O)C1CCCN(c2cc(C#N)ccc2C(C)=O)C1. The lowest BCUT2D eigenvalue weighted by Gasteiger charge is -2.34. The van der Waals surface area contributed by atoms with Crippen molar-refractivity contribution in [2.24, 2.45) is 5.92 Å². The maximum atomic E-state index is 12.3. The van der Waals surface area contributed by atoms with Crippen molar-refractivity contribution in [2.75, 3.05) is 24.5 Å². The Morgan fingerprint density at radius 2 is 2.21 bits per heavy atom. The zero-order valence-corrected chi connectivity index (χ0v) is 14.5. The number of anilines is 1. The van der Waals surface area contributed by atoms with Crippen LogP contribution in [-0.4, -0.2) is 31.3 Å². The Morgan fingerprint density at radius 1 is 1.42 bits per heavy atom. The molecule has 128 valence electrons. The fourth-order valence-corrected chi connectivity index (χ4v) is 3.10. The molecule has 1 saturated heterocycles. The number of hydrogen-bond donors (Lipinski definition) is 1. The van der Waals surface area contributed by atoms with Gasteiger partial charge in [-0.3, -0.25) is 9.59 Å². The molecule has 1 aromatic rings. The molecule has 0 saturated carbocycles. The Bertz CT molecular complexity index is 649. The number of carbonyl (C=O) groups is 2. The van der Waals surface area contributed by atoms with E-state index in [0.717, 1.165) is 37.9 Å². The van der Waals surface area contributed by atoms with E-state index in [1.807, 2.05) is 0 Å². The highest BCUT2D eigenvalue weighted by molar-refractivity contribution is 6.00. The highest BCUT2D eigenvalue weighted by atomic mass is 16.2. The molecule has 1 fully saturated rings. The number of Topliss-reactive ketones (excluding diaryl/α,β-unsaturated/α-hetero) is 1. The van der Waals surface area contributed by atoms with Crippen molar-refractivity contribution < 1.29 is 9.59 Å². The van der Waals surface area contributed by atoms with Crippen LogP contribution in [-0.2, 0) is 4.79 Å². The van der Waals surface area contributed by atoms with E-state index < -0.39 is 0 Å². The van der Waals surface area contributed by atoms with E-state index in [-0.39, 0.29) is 17.6 Å². The zero-order valence-electron chi connectivity index (χ0n) is 14.5. The molecule has 5 nitrogen and oxygen atoms in total. The second kappa shape index (κ2) is 8.49. The summed E-state index contributed by atoms with van der Waals surface area (Å²) in [6.07, 6.45) is 3.81. The van der Waals surface area contributed by atoms with Gasteiger partial charge in [0, 0.05) is 30.9 Å². The molecule has 5 heteroatoms. The van der Waals surface area contributed by atoms with Gasteiger partial charge in [-0.2, -0.15) is 5.26 Å². The number of piperidine rings is 1. The Kier molecular flexibility index (Phi) is 6.36. The monoisotopic (exact) mass is 327 g/mol. The number of nitriles is 1. The van der Waals surface area contributed by atoms with Gasteiger partial charge in [-0.05, 0) is 44.4 Å². The normalized spacial score (nSPS) is 17.2. The molecule has 1 amide bonds. The van der Waals surface area contributed by atoms with Crippen LogP contribution in [0.25, 0.3) is 0 Å². The lowest BCUT2D eigenvalue weighted by atomic mass is 9.95. The number of carbonyl (C=O) groups excluding carboxylic acids is 2. The molecule has 0 aromatic heterocycles. The van der Waals surface area contributed by atoms with Crippen LogP contribution < -0.4 is 10.2 Å². The number of nitrogens with zero attached hydrogens (tertiary/aromatic N) is 2. The van der Waals surface area contributed by atoms with Crippen molar-refractivity contribution in [3.8, 4) is 6.07 Å². The first-order chi connectivity index (χ1) is 11.6. The van der Waals surface area contributed by atoms with Gasteiger partial charge in [-0.25, -0.2) is 0 Å². The van der Waals surface area contributed by atoms with Crippen LogP contribution in [0, 0.1) is 17.2 Å². The number of ketones is 1. The summed E-state index contributed by atoms with van der Waals surface area (Å²) in [4.78, 5) is 26.3. The number of nitrogens with one attached hydrogen (secondary N) is 1. The molecule has 2 rings (SSSR count). The third-order valence-corrected chi connectivity index (χ3v) is 4.47. The highest BCUT2D eigenvalue weighted by Crippen LogP contribution is 2.28. The smallest absolute Gasteiger partial charge is 0.224 e. The topological polar surface area (TPSA) is 73.2 Å². The summed E-state index contributed by atoms with van der Waals surface area (Å²) in [6, 6.07) is 7.26. The summed E-state index contributed by atoms with van der Waals surface area (Å²) in [5.74, 6) is -0.000806. The van der Waals surface area contributed by atoms with E-state index in [1.54, 1.807) is 18.2 Å². The van der Waals surface area contributed by atoms with Crippen LogP contribution in [0.15, 0.2) is 18.2 Å². The molecule has 0 radical (unpaired) electrons. The Labute approximate surface area is 143 Å². The van der Waals surface area contributed by atoms with Gasteiger partial charge in [-0.1, -0.05) is 13.3 Å². The first-order valence-corrected chi connectivity index (χ1v) is 8.64. The summed E-state index contributed by atoms with van der Waals surface area (Å²) in [5, 5.41) is 12.1. The third kappa shape index (κ3) is 4.35. The van der Waals surface area contributed by atoms with Crippen LogP contribution in [0.4, 0.5) is 5.69 Å². The molecule has 1 aliphatic rings. The van der Waals surface area contributed by atoms with Crippen LogP contribution >= 0.6 is 0 Å². The highest BCUT2D eigenvalue weighted by Gasteiger charge is 2.27. The van der Waals surface area contributed by atoms with E-state index in [1.165, 1.54) is 6.92 Å². The van der Waals surface area contributed by atoms with Crippen molar-refractivity contribution in [3.63, 3.8) is 0 Å². The predicted molar refractivity (Wildman–Crippen MR) is 94.0 cm³/mol. The van der Waals surface area contributed by atoms with Crippen molar-refractivity contribution >= 4 is 17.4 Å². The first kappa shape index (κ1) is 18.0. The fourth-order valence-electron chi connectivity index (χ4n) is 3.10. The minimum atomic E-state index is -0.0684. The van der Waals surface area contributed by atoms with Crippen LogP contribution in [0.5, 0.6) is 0 Å². The van der Waals surface area contributed by atoms with Gasteiger partial charge in [0.05, 0.1) is 17.6 Å². The first-order valence-electron chi connectivity index (χ1n) is 8.64.